The first-order valence-electron chi connectivity index (χ1n) is 9.05. The summed E-state index contributed by atoms with van der Waals surface area (Å²) in [6.07, 6.45) is 0.855. The largest absolute Gasteiger partial charge is 0.455 e. The minimum atomic E-state index is -0.356. The molecule has 2 aromatic carbocycles. The van der Waals surface area contributed by atoms with Gasteiger partial charge in [-0.25, -0.2) is 0 Å². The third-order valence-corrected chi connectivity index (χ3v) is 4.71. The molecule has 4 nitrogen and oxygen atoms in total. The number of benzene rings is 2. The predicted octanol–water partition coefficient (Wildman–Crippen LogP) is 3.98. The quantitative estimate of drug-likeness (QED) is 0.730. The number of amides is 1. The molecule has 138 valence electrons. The Bertz CT molecular complexity index is 727. The number of esters is 1. The van der Waals surface area contributed by atoms with Gasteiger partial charge in [-0.2, -0.15) is 0 Å². The Kier molecular flexibility index (Phi) is 7.39. The molecule has 0 heterocycles. The second-order valence-corrected chi connectivity index (χ2v) is 6.58. The molecular formula is C22H27NO3. The summed E-state index contributed by atoms with van der Waals surface area (Å²) in [5.74, 6) is -0.862. The van der Waals surface area contributed by atoms with Crippen molar-refractivity contribution in [3.8, 4) is 0 Å². The Morgan fingerprint density at radius 2 is 1.69 bits per heavy atom. The number of rotatable bonds is 8. The fourth-order valence-corrected chi connectivity index (χ4v) is 2.87. The fourth-order valence-electron chi connectivity index (χ4n) is 2.87. The van der Waals surface area contributed by atoms with Crippen molar-refractivity contribution in [3.63, 3.8) is 0 Å². The molecule has 0 fully saturated rings. The lowest BCUT2D eigenvalue weighted by Gasteiger charge is -2.21. The maximum absolute atomic E-state index is 12.6. The standard InChI is InChI=1S/C22H27NO3/c1-4-16(2)21(18-11-6-5-7-12-18)22(25)26-15-20(24)23-14-19-13-9-8-10-17(19)3/h5-13,16,21H,4,14-15H2,1-3H3,(H,23,24)/t16-,21+/m0/s1. The van der Waals surface area contributed by atoms with Crippen molar-refractivity contribution >= 4 is 11.9 Å². The van der Waals surface area contributed by atoms with Gasteiger partial charge >= 0.3 is 5.97 Å². The number of ether oxygens (including phenoxy) is 1. The second-order valence-electron chi connectivity index (χ2n) is 6.58. The highest BCUT2D eigenvalue weighted by atomic mass is 16.5. The molecule has 0 bridgehead atoms. The summed E-state index contributed by atoms with van der Waals surface area (Å²) < 4.78 is 5.31. The minimum absolute atomic E-state index is 0.139. The first kappa shape index (κ1) is 19.7. The zero-order chi connectivity index (χ0) is 18.9. The van der Waals surface area contributed by atoms with Gasteiger partial charge in [-0.05, 0) is 29.5 Å². The summed E-state index contributed by atoms with van der Waals surface area (Å²) in [6.45, 7) is 6.24. The minimum Gasteiger partial charge on any atom is -0.455 e. The van der Waals surface area contributed by atoms with Crippen LogP contribution in [0.25, 0.3) is 0 Å². The number of aryl methyl sites for hydroxylation is 1. The molecule has 0 radical (unpaired) electrons. The molecule has 0 unspecified atom stereocenters. The monoisotopic (exact) mass is 353 g/mol. The zero-order valence-corrected chi connectivity index (χ0v) is 15.7. The molecule has 0 aliphatic carbocycles. The molecule has 0 aromatic heterocycles. The van der Waals surface area contributed by atoms with E-state index < -0.39 is 0 Å². The van der Waals surface area contributed by atoms with E-state index in [2.05, 4.69) is 5.32 Å². The van der Waals surface area contributed by atoms with E-state index in [-0.39, 0.29) is 30.3 Å². The molecular weight excluding hydrogens is 326 g/mol. The average Bonchev–Trinajstić information content (AvgIpc) is 2.66. The summed E-state index contributed by atoms with van der Waals surface area (Å²) in [7, 11) is 0. The van der Waals surface area contributed by atoms with Crippen molar-refractivity contribution in [2.75, 3.05) is 6.61 Å². The van der Waals surface area contributed by atoms with E-state index in [1.54, 1.807) is 0 Å². The molecule has 26 heavy (non-hydrogen) atoms. The summed E-state index contributed by atoms with van der Waals surface area (Å²) in [5, 5.41) is 2.80. The summed E-state index contributed by atoms with van der Waals surface area (Å²) >= 11 is 0. The van der Waals surface area contributed by atoms with E-state index in [1.165, 1.54) is 0 Å². The van der Waals surface area contributed by atoms with Gasteiger partial charge in [-0.1, -0.05) is 74.9 Å². The summed E-state index contributed by atoms with van der Waals surface area (Å²) in [6, 6.07) is 17.5. The highest BCUT2D eigenvalue weighted by molar-refractivity contribution is 5.83. The van der Waals surface area contributed by atoms with Crippen LogP contribution in [0.15, 0.2) is 54.6 Å². The van der Waals surface area contributed by atoms with Gasteiger partial charge in [0.15, 0.2) is 6.61 Å². The highest BCUT2D eigenvalue weighted by Crippen LogP contribution is 2.28. The molecule has 2 rings (SSSR count). The summed E-state index contributed by atoms with van der Waals surface area (Å²) in [4.78, 5) is 24.6. The third kappa shape index (κ3) is 5.45. The predicted molar refractivity (Wildman–Crippen MR) is 103 cm³/mol. The first-order chi connectivity index (χ1) is 12.5. The lowest BCUT2D eigenvalue weighted by Crippen LogP contribution is -2.31. The summed E-state index contributed by atoms with van der Waals surface area (Å²) in [5.41, 5.74) is 3.09. The molecule has 1 N–H and O–H groups in total. The Morgan fingerprint density at radius 3 is 2.35 bits per heavy atom. The van der Waals surface area contributed by atoms with Crippen LogP contribution in [0.1, 0.15) is 42.9 Å². The maximum atomic E-state index is 12.6. The van der Waals surface area contributed by atoms with Crippen molar-refractivity contribution in [2.24, 2.45) is 5.92 Å². The van der Waals surface area contributed by atoms with Crippen LogP contribution < -0.4 is 5.32 Å². The van der Waals surface area contributed by atoms with Crippen molar-refractivity contribution < 1.29 is 14.3 Å². The van der Waals surface area contributed by atoms with E-state index in [1.807, 2.05) is 75.4 Å². The van der Waals surface area contributed by atoms with Crippen LogP contribution in [0, 0.1) is 12.8 Å². The number of carbonyl (C=O) groups excluding carboxylic acids is 2. The fraction of sp³-hybridized carbons (Fsp3) is 0.364. The van der Waals surface area contributed by atoms with Crippen LogP contribution >= 0.6 is 0 Å². The molecule has 0 saturated carbocycles. The van der Waals surface area contributed by atoms with Crippen molar-refractivity contribution in [2.45, 2.75) is 39.7 Å². The number of hydrogen-bond donors (Lipinski definition) is 1. The number of hydrogen-bond acceptors (Lipinski definition) is 3. The van der Waals surface area contributed by atoms with Crippen molar-refractivity contribution in [1.29, 1.82) is 0 Å². The van der Waals surface area contributed by atoms with E-state index in [9.17, 15) is 9.59 Å². The lowest BCUT2D eigenvalue weighted by molar-refractivity contribution is -0.151. The van der Waals surface area contributed by atoms with E-state index in [4.69, 9.17) is 4.74 Å². The first-order valence-corrected chi connectivity index (χ1v) is 9.05. The zero-order valence-electron chi connectivity index (χ0n) is 15.7. The molecule has 1 amide bonds. The van der Waals surface area contributed by atoms with Crippen molar-refractivity contribution in [1.82, 2.24) is 5.32 Å². The van der Waals surface area contributed by atoms with Gasteiger partial charge in [-0.15, -0.1) is 0 Å². The van der Waals surface area contributed by atoms with Gasteiger partial charge in [0, 0.05) is 6.54 Å². The van der Waals surface area contributed by atoms with E-state index in [0.29, 0.717) is 6.54 Å². The second kappa shape index (κ2) is 9.76. The molecule has 0 saturated heterocycles. The van der Waals surface area contributed by atoms with Crippen LogP contribution in [-0.4, -0.2) is 18.5 Å². The van der Waals surface area contributed by atoms with Crippen LogP contribution in [-0.2, 0) is 20.9 Å². The number of nitrogens with one attached hydrogen (secondary N) is 1. The van der Waals surface area contributed by atoms with Crippen molar-refractivity contribution in [3.05, 3.63) is 71.3 Å². The van der Waals surface area contributed by atoms with Gasteiger partial charge in [0.05, 0.1) is 5.92 Å². The molecule has 2 atom stereocenters. The molecule has 0 aliphatic rings. The maximum Gasteiger partial charge on any atom is 0.314 e. The molecule has 2 aromatic rings. The van der Waals surface area contributed by atoms with Gasteiger partial charge in [-0.3, -0.25) is 9.59 Å². The SMILES string of the molecule is CC[C@H](C)[C@@H](C(=O)OCC(=O)NCc1ccccc1C)c1ccccc1. The average molecular weight is 353 g/mol. The van der Waals surface area contributed by atoms with Gasteiger partial charge in [0.1, 0.15) is 0 Å². The van der Waals surface area contributed by atoms with Gasteiger partial charge in [0.25, 0.3) is 5.91 Å². The lowest BCUT2D eigenvalue weighted by atomic mass is 9.86. The van der Waals surface area contributed by atoms with Gasteiger partial charge in [0.2, 0.25) is 0 Å². The van der Waals surface area contributed by atoms with Crippen LogP contribution in [0.5, 0.6) is 0 Å². The van der Waals surface area contributed by atoms with E-state index >= 15 is 0 Å². The molecule has 0 spiro atoms. The Balaban J connectivity index is 1.91. The topological polar surface area (TPSA) is 55.4 Å². The smallest absolute Gasteiger partial charge is 0.314 e. The van der Waals surface area contributed by atoms with Gasteiger partial charge < -0.3 is 10.1 Å². The van der Waals surface area contributed by atoms with Crippen LogP contribution in [0.2, 0.25) is 0 Å². The Labute approximate surface area is 155 Å². The van der Waals surface area contributed by atoms with Crippen LogP contribution in [0.4, 0.5) is 0 Å². The molecule has 0 aliphatic heterocycles. The highest BCUT2D eigenvalue weighted by Gasteiger charge is 2.27. The normalized spacial score (nSPS) is 12.9. The Morgan fingerprint density at radius 1 is 1.04 bits per heavy atom. The van der Waals surface area contributed by atoms with Crippen LogP contribution in [0.3, 0.4) is 0 Å². The number of carbonyl (C=O) groups is 2. The van der Waals surface area contributed by atoms with E-state index in [0.717, 1.165) is 23.1 Å². The molecule has 4 heteroatoms. The Hall–Kier alpha value is -2.62. The third-order valence-electron chi connectivity index (χ3n) is 4.71.